The lowest BCUT2D eigenvalue weighted by Crippen LogP contribution is -2.56. The van der Waals surface area contributed by atoms with E-state index >= 15 is 0 Å². The largest absolute Gasteiger partial charge is 0.314 e. The van der Waals surface area contributed by atoms with Crippen molar-refractivity contribution >= 4 is 10.2 Å². The SMILES string of the molecule is C[C@@H]1CNCCN1S(=O)(=O)N1CCCCC1. The molecule has 2 heterocycles. The van der Waals surface area contributed by atoms with Crippen molar-refractivity contribution in [3.8, 4) is 0 Å². The van der Waals surface area contributed by atoms with Crippen LogP contribution in [0.25, 0.3) is 0 Å². The van der Waals surface area contributed by atoms with Crippen LogP contribution in [0.2, 0.25) is 0 Å². The van der Waals surface area contributed by atoms with E-state index in [1.165, 1.54) is 0 Å². The Bertz CT molecular complexity index is 325. The molecular formula is C10H21N3O2S. The lowest BCUT2D eigenvalue weighted by molar-refractivity contribution is 0.246. The normalized spacial score (nSPS) is 30.4. The van der Waals surface area contributed by atoms with Crippen LogP contribution in [-0.4, -0.2) is 55.8 Å². The fourth-order valence-electron chi connectivity index (χ4n) is 2.41. The Hall–Kier alpha value is -0.170. The van der Waals surface area contributed by atoms with Crippen LogP contribution in [0.3, 0.4) is 0 Å². The van der Waals surface area contributed by atoms with Gasteiger partial charge < -0.3 is 5.32 Å². The zero-order valence-electron chi connectivity index (χ0n) is 9.85. The molecule has 0 aromatic heterocycles. The number of piperazine rings is 1. The van der Waals surface area contributed by atoms with E-state index in [2.05, 4.69) is 5.32 Å². The van der Waals surface area contributed by atoms with E-state index in [-0.39, 0.29) is 6.04 Å². The Balaban J connectivity index is 2.10. The molecule has 1 N–H and O–H groups in total. The maximum Gasteiger partial charge on any atom is 0.282 e. The van der Waals surface area contributed by atoms with E-state index in [9.17, 15) is 8.42 Å². The summed E-state index contributed by atoms with van der Waals surface area (Å²) >= 11 is 0. The molecule has 0 saturated carbocycles. The molecule has 0 aliphatic carbocycles. The first-order valence-corrected chi connectivity index (χ1v) is 7.50. The van der Waals surface area contributed by atoms with Gasteiger partial charge in [0.15, 0.2) is 0 Å². The summed E-state index contributed by atoms with van der Waals surface area (Å²) in [6.45, 7) is 5.47. The van der Waals surface area contributed by atoms with Crippen LogP contribution in [0.15, 0.2) is 0 Å². The fourth-order valence-corrected chi connectivity index (χ4v) is 4.28. The average molecular weight is 247 g/mol. The van der Waals surface area contributed by atoms with Crippen LogP contribution in [0, 0.1) is 0 Å². The molecule has 0 amide bonds. The van der Waals surface area contributed by atoms with Crippen LogP contribution in [0.4, 0.5) is 0 Å². The van der Waals surface area contributed by atoms with E-state index in [0.717, 1.165) is 32.4 Å². The molecule has 0 aromatic carbocycles. The highest BCUT2D eigenvalue weighted by Gasteiger charge is 2.34. The van der Waals surface area contributed by atoms with Crippen LogP contribution in [-0.2, 0) is 10.2 Å². The Morgan fingerprint density at radius 2 is 1.81 bits per heavy atom. The Morgan fingerprint density at radius 3 is 2.44 bits per heavy atom. The predicted octanol–water partition coefficient (Wildman–Crippen LogP) is 0.0108. The number of rotatable bonds is 2. The molecule has 0 spiro atoms. The van der Waals surface area contributed by atoms with Crippen LogP contribution < -0.4 is 5.32 Å². The summed E-state index contributed by atoms with van der Waals surface area (Å²) in [5.41, 5.74) is 0. The summed E-state index contributed by atoms with van der Waals surface area (Å²) in [5.74, 6) is 0. The topological polar surface area (TPSA) is 52.7 Å². The Labute approximate surface area is 98.0 Å². The number of nitrogens with one attached hydrogen (secondary N) is 1. The van der Waals surface area contributed by atoms with Crippen LogP contribution in [0.1, 0.15) is 26.2 Å². The van der Waals surface area contributed by atoms with Crippen molar-refractivity contribution in [2.45, 2.75) is 32.2 Å². The molecule has 6 heteroatoms. The molecule has 5 nitrogen and oxygen atoms in total. The van der Waals surface area contributed by atoms with Crippen molar-refractivity contribution in [1.82, 2.24) is 13.9 Å². The zero-order valence-corrected chi connectivity index (χ0v) is 10.7. The first-order chi connectivity index (χ1) is 7.62. The number of piperidine rings is 1. The number of nitrogens with zero attached hydrogens (tertiary/aromatic N) is 2. The van der Waals surface area contributed by atoms with E-state index in [1.54, 1.807) is 8.61 Å². The zero-order chi connectivity index (χ0) is 11.6. The lowest BCUT2D eigenvalue weighted by atomic mass is 10.2. The molecule has 2 fully saturated rings. The van der Waals surface area contributed by atoms with Gasteiger partial charge in [-0.2, -0.15) is 17.0 Å². The van der Waals surface area contributed by atoms with Crippen molar-refractivity contribution in [1.29, 1.82) is 0 Å². The molecule has 94 valence electrons. The van der Waals surface area contributed by atoms with Gasteiger partial charge in [0.05, 0.1) is 0 Å². The summed E-state index contributed by atoms with van der Waals surface area (Å²) < 4.78 is 28.0. The minimum Gasteiger partial charge on any atom is -0.314 e. The molecule has 2 rings (SSSR count). The quantitative estimate of drug-likeness (QED) is 0.748. The average Bonchev–Trinajstić information content (AvgIpc) is 2.30. The van der Waals surface area contributed by atoms with Gasteiger partial charge in [-0.1, -0.05) is 6.42 Å². The highest BCUT2D eigenvalue weighted by molar-refractivity contribution is 7.86. The Kier molecular flexibility index (Phi) is 3.84. The minimum atomic E-state index is -3.21. The monoisotopic (exact) mass is 247 g/mol. The number of hydrogen-bond acceptors (Lipinski definition) is 3. The third kappa shape index (κ3) is 2.40. The van der Waals surface area contributed by atoms with E-state index in [1.807, 2.05) is 6.92 Å². The molecule has 0 radical (unpaired) electrons. The van der Waals surface area contributed by atoms with Gasteiger partial charge in [-0.15, -0.1) is 0 Å². The fraction of sp³-hybridized carbons (Fsp3) is 1.00. The third-order valence-electron chi connectivity index (χ3n) is 3.38. The highest BCUT2D eigenvalue weighted by Crippen LogP contribution is 2.19. The molecule has 1 atom stereocenters. The second-order valence-electron chi connectivity index (χ2n) is 4.63. The summed E-state index contributed by atoms with van der Waals surface area (Å²) in [5, 5.41) is 3.21. The van der Waals surface area contributed by atoms with Crippen molar-refractivity contribution in [2.24, 2.45) is 0 Å². The van der Waals surface area contributed by atoms with E-state index in [4.69, 9.17) is 0 Å². The summed E-state index contributed by atoms with van der Waals surface area (Å²) in [6, 6.07) is 0.0701. The van der Waals surface area contributed by atoms with Crippen LogP contribution >= 0.6 is 0 Å². The maximum absolute atomic E-state index is 12.4. The van der Waals surface area contributed by atoms with Crippen LogP contribution in [0.5, 0.6) is 0 Å². The van der Waals surface area contributed by atoms with Gasteiger partial charge in [-0.25, -0.2) is 0 Å². The first kappa shape index (κ1) is 12.3. The van der Waals surface area contributed by atoms with Gasteiger partial charge in [0, 0.05) is 38.8 Å². The molecule has 2 saturated heterocycles. The lowest BCUT2D eigenvalue weighted by Gasteiger charge is -2.37. The van der Waals surface area contributed by atoms with Crippen molar-refractivity contribution in [3.05, 3.63) is 0 Å². The second kappa shape index (κ2) is 5.00. The minimum absolute atomic E-state index is 0.0701. The van der Waals surface area contributed by atoms with Gasteiger partial charge in [0.2, 0.25) is 0 Å². The Morgan fingerprint density at radius 1 is 1.12 bits per heavy atom. The van der Waals surface area contributed by atoms with Gasteiger partial charge in [-0.3, -0.25) is 0 Å². The molecule has 2 aliphatic rings. The summed E-state index contributed by atoms with van der Waals surface area (Å²) in [6.07, 6.45) is 3.16. The second-order valence-corrected chi connectivity index (χ2v) is 6.51. The van der Waals surface area contributed by atoms with E-state index < -0.39 is 10.2 Å². The molecule has 0 unspecified atom stereocenters. The van der Waals surface area contributed by atoms with Crippen molar-refractivity contribution in [3.63, 3.8) is 0 Å². The number of hydrogen-bond donors (Lipinski definition) is 1. The summed E-state index contributed by atoms with van der Waals surface area (Å²) in [7, 11) is -3.21. The molecule has 0 aromatic rings. The highest BCUT2D eigenvalue weighted by atomic mass is 32.2. The van der Waals surface area contributed by atoms with Gasteiger partial charge in [0.25, 0.3) is 10.2 Å². The molecule has 2 aliphatic heterocycles. The molecule has 0 bridgehead atoms. The van der Waals surface area contributed by atoms with Gasteiger partial charge >= 0.3 is 0 Å². The maximum atomic E-state index is 12.4. The smallest absolute Gasteiger partial charge is 0.282 e. The standard InChI is InChI=1S/C10H21N3O2S/c1-10-9-11-5-8-13(10)16(14,15)12-6-3-2-4-7-12/h10-11H,2-9H2,1H3/t10-/m1/s1. The van der Waals surface area contributed by atoms with Gasteiger partial charge in [-0.05, 0) is 19.8 Å². The summed E-state index contributed by atoms with van der Waals surface area (Å²) in [4.78, 5) is 0. The first-order valence-electron chi connectivity index (χ1n) is 6.10. The third-order valence-corrected chi connectivity index (χ3v) is 5.53. The van der Waals surface area contributed by atoms with Crippen molar-refractivity contribution in [2.75, 3.05) is 32.7 Å². The molecular weight excluding hydrogens is 226 g/mol. The van der Waals surface area contributed by atoms with Crippen molar-refractivity contribution < 1.29 is 8.42 Å². The predicted molar refractivity (Wildman–Crippen MR) is 63.4 cm³/mol. The van der Waals surface area contributed by atoms with Gasteiger partial charge in [0.1, 0.15) is 0 Å². The van der Waals surface area contributed by atoms with E-state index in [0.29, 0.717) is 19.6 Å². The molecule has 16 heavy (non-hydrogen) atoms.